The Kier molecular flexibility index (Phi) is 4.47. The van der Waals surface area contributed by atoms with Crippen molar-refractivity contribution in [2.24, 2.45) is 5.73 Å². The van der Waals surface area contributed by atoms with E-state index in [4.69, 9.17) is 15.2 Å². The first-order chi connectivity index (χ1) is 9.63. The summed E-state index contributed by atoms with van der Waals surface area (Å²) in [4.78, 5) is 3.56. The van der Waals surface area contributed by atoms with Gasteiger partial charge < -0.3 is 15.2 Å². The summed E-state index contributed by atoms with van der Waals surface area (Å²) in [5, 5.41) is 0. The van der Waals surface area contributed by atoms with Gasteiger partial charge in [-0.05, 0) is 24.6 Å². The normalized spacial score (nSPS) is 10.4. The predicted octanol–water partition coefficient (Wildman–Crippen LogP) is 3.01. The van der Waals surface area contributed by atoms with Crippen molar-refractivity contribution in [3.8, 4) is 17.4 Å². The molecule has 0 aliphatic rings. The lowest BCUT2D eigenvalue weighted by Gasteiger charge is -2.12. The molecule has 0 aliphatic heterocycles. The summed E-state index contributed by atoms with van der Waals surface area (Å²) >= 11 is 0. The average molecular weight is 280 g/mol. The van der Waals surface area contributed by atoms with Crippen LogP contribution < -0.4 is 15.2 Å². The monoisotopic (exact) mass is 280 g/mol. The average Bonchev–Trinajstić information content (AvgIpc) is 2.43. The Morgan fingerprint density at radius 2 is 2.00 bits per heavy atom. The predicted molar refractivity (Wildman–Crippen MR) is 69.7 cm³/mol. The SMILES string of the molecule is CCOc1cc(CN)ccc1Oc1ncc(F)cc1F. The van der Waals surface area contributed by atoms with Crippen LogP contribution in [0.1, 0.15) is 12.5 Å². The molecule has 6 heteroatoms. The maximum absolute atomic E-state index is 13.5. The number of benzene rings is 1. The van der Waals surface area contributed by atoms with Crippen LogP contribution in [0.4, 0.5) is 8.78 Å². The quantitative estimate of drug-likeness (QED) is 0.914. The molecule has 0 saturated carbocycles. The van der Waals surface area contributed by atoms with Gasteiger partial charge in [-0.3, -0.25) is 0 Å². The lowest BCUT2D eigenvalue weighted by Crippen LogP contribution is -2.01. The Bertz CT molecular complexity index is 606. The Labute approximate surface area is 115 Å². The number of hydrogen-bond acceptors (Lipinski definition) is 4. The van der Waals surface area contributed by atoms with Crippen molar-refractivity contribution in [3.05, 3.63) is 47.7 Å². The van der Waals surface area contributed by atoms with Crippen LogP contribution in [-0.4, -0.2) is 11.6 Å². The van der Waals surface area contributed by atoms with Crippen LogP contribution in [0.25, 0.3) is 0 Å². The molecule has 0 aliphatic carbocycles. The zero-order valence-electron chi connectivity index (χ0n) is 10.9. The molecule has 0 amide bonds. The number of nitrogens with two attached hydrogens (primary N) is 1. The molecule has 2 N–H and O–H groups in total. The van der Waals surface area contributed by atoms with Crippen LogP contribution >= 0.6 is 0 Å². The highest BCUT2D eigenvalue weighted by Crippen LogP contribution is 2.32. The van der Waals surface area contributed by atoms with E-state index in [9.17, 15) is 8.78 Å². The molecule has 0 atom stereocenters. The summed E-state index contributed by atoms with van der Waals surface area (Å²) in [5.41, 5.74) is 6.40. The fourth-order valence-corrected chi connectivity index (χ4v) is 1.61. The standard InChI is InChI=1S/C14H14F2N2O2/c1-2-19-13-5-9(7-17)3-4-12(13)20-14-11(16)6-10(15)8-18-14/h3-6,8H,2,7,17H2,1H3. The van der Waals surface area contributed by atoms with Gasteiger partial charge in [0.1, 0.15) is 5.82 Å². The molecule has 1 heterocycles. The van der Waals surface area contributed by atoms with Gasteiger partial charge in [-0.2, -0.15) is 0 Å². The molecule has 4 nitrogen and oxygen atoms in total. The number of halogens is 2. The largest absolute Gasteiger partial charge is 0.490 e. The van der Waals surface area contributed by atoms with E-state index in [-0.39, 0.29) is 5.88 Å². The molecule has 20 heavy (non-hydrogen) atoms. The van der Waals surface area contributed by atoms with Crippen LogP contribution in [0.3, 0.4) is 0 Å². The van der Waals surface area contributed by atoms with Crippen molar-refractivity contribution >= 4 is 0 Å². The number of rotatable bonds is 5. The van der Waals surface area contributed by atoms with Gasteiger partial charge in [-0.15, -0.1) is 0 Å². The summed E-state index contributed by atoms with van der Waals surface area (Å²) < 4.78 is 37.0. The molecule has 106 valence electrons. The second-order valence-electron chi connectivity index (χ2n) is 3.96. The van der Waals surface area contributed by atoms with Crippen molar-refractivity contribution < 1.29 is 18.3 Å². The summed E-state index contributed by atoms with van der Waals surface area (Å²) in [6.07, 6.45) is 0.882. The van der Waals surface area contributed by atoms with Gasteiger partial charge in [0, 0.05) is 12.6 Å². The van der Waals surface area contributed by atoms with Crippen LogP contribution in [0.2, 0.25) is 0 Å². The highest BCUT2D eigenvalue weighted by atomic mass is 19.1. The summed E-state index contributed by atoms with van der Waals surface area (Å²) in [5.74, 6) is -1.23. The van der Waals surface area contributed by atoms with Crippen molar-refractivity contribution in [1.29, 1.82) is 0 Å². The zero-order valence-corrected chi connectivity index (χ0v) is 10.9. The van der Waals surface area contributed by atoms with Crippen LogP contribution in [0.15, 0.2) is 30.5 Å². The van der Waals surface area contributed by atoms with Crippen molar-refractivity contribution in [2.75, 3.05) is 6.61 Å². The van der Waals surface area contributed by atoms with E-state index in [0.717, 1.165) is 11.8 Å². The number of ether oxygens (including phenoxy) is 2. The third kappa shape index (κ3) is 3.21. The second-order valence-corrected chi connectivity index (χ2v) is 3.96. The van der Waals surface area contributed by atoms with Crippen molar-refractivity contribution in [3.63, 3.8) is 0 Å². The Morgan fingerprint density at radius 3 is 2.65 bits per heavy atom. The molecule has 0 bridgehead atoms. The maximum Gasteiger partial charge on any atom is 0.256 e. The molecule has 2 rings (SSSR count). The molecule has 0 saturated heterocycles. The van der Waals surface area contributed by atoms with Gasteiger partial charge in [0.2, 0.25) is 0 Å². The summed E-state index contributed by atoms with van der Waals surface area (Å²) in [6.45, 7) is 2.59. The number of hydrogen-bond donors (Lipinski definition) is 1. The maximum atomic E-state index is 13.5. The first-order valence-corrected chi connectivity index (χ1v) is 6.08. The van der Waals surface area contributed by atoms with Gasteiger partial charge >= 0.3 is 0 Å². The summed E-state index contributed by atoms with van der Waals surface area (Å²) in [6, 6.07) is 5.76. The molecular formula is C14H14F2N2O2. The van der Waals surface area contributed by atoms with Gasteiger partial charge in [0.25, 0.3) is 5.88 Å². The number of pyridine rings is 1. The topological polar surface area (TPSA) is 57.4 Å². The molecule has 1 aromatic heterocycles. The van der Waals surface area contributed by atoms with Crippen LogP contribution in [0.5, 0.6) is 17.4 Å². The van der Waals surface area contributed by atoms with E-state index in [1.807, 2.05) is 6.92 Å². The number of aromatic nitrogens is 1. The van der Waals surface area contributed by atoms with Gasteiger partial charge in [0.15, 0.2) is 17.3 Å². The third-order valence-corrected chi connectivity index (χ3v) is 2.52. The van der Waals surface area contributed by atoms with E-state index in [1.165, 1.54) is 0 Å². The van der Waals surface area contributed by atoms with Crippen molar-refractivity contribution in [2.45, 2.75) is 13.5 Å². The molecule has 0 fully saturated rings. The molecule has 1 aromatic carbocycles. The van der Waals surface area contributed by atoms with Gasteiger partial charge in [-0.1, -0.05) is 6.07 Å². The molecule has 0 spiro atoms. The minimum atomic E-state index is -0.879. The van der Waals surface area contributed by atoms with Crippen molar-refractivity contribution in [1.82, 2.24) is 4.98 Å². The smallest absolute Gasteiger partial charge is 0.256 e. The second kappa shape index (κ2) is 6.29. The number of nitrogens with zero attached hydrogens (tertiary/aromatic N) is 1. The first-order valence-electron chi connectivity index (χ1n) is 6.08. The summed E-state index contributed by atoms with van der Waals surface area (Å²) in [7, 11) is 0. The first kappa shape index (κ1) is 14.2. The fraction of sp³-hybridized carbons (Fsp3) is 0.214. The highest BCUT2D eigenvalue weighted by molar-refractivity contribution is 5.44. The lowest BCUT2D eigenvalue weighted by molar-refractivity contribution is 0.315. The minimum Gasteiger partial charge on any atom is -0.490 e. The molecule has 0 radical (unpaired) electrons. The fourth-order valence-electron chi connectivity index (χ4n) is 1.61. The Hall–Kier alpha value is -2.21. The van der Waals surface area contributed by atoms with E-state index >= 15 is 0 Å². The molecular weight excluding hydrogens is 266 g/mol. The van der Waals surface area contributed by atoms with Gasteiger partial charge in [-0.25, -0.2) is 13.8 Å². The Morgan fingerprint density at radius 1 is 1.20 bits per heavy atom. The zero-order chi connectivity index (χ0) is 14.5. The minimum absolute atomic E-state index is 0.294. The molecule has 0 unspecified atom stereocenters. The van der Waals surface area contributed by atoms with E-state index in [2.05, 4.69) is 4.98 Å². The van der Waals surface area contributed by atoms with Crippen LogP contribution in [-0.2, 0) is 6.54 Å². The molecule has 2 aromatic rings. The van der Waals surface area contributed by atoms with E-state index < -0.39 is 11.6 Å². The Balaban J connectivity index is 2.32. The lowest BCUT2D eigenvalue weighted by atomic mass is 10.2. The highest BCUT2D eigenvalue weighted by Gasteiger charge is 2.12. The van der Waals surface area contributed by atoms with Gasteiger partial charge in [0.05, 0.1) is 12.8 Å². The van der Waals surface area contributed by atoms with Crippen LogP contribution in [0, 0.1) is 11.6 Å². The van der Waals surface area contributed by atoms with E-state index in [1.54, 1.807) is 18.2 Å². The third-order valence-electron chi connectivity index (χ3n) is 2.52. The van der Waals surface area contributed by atoms with E-state index in [0.29, 0.717) is 30.7 Å².